The fourth-order valence-electron chi connectivity index (χ4n) is 4.74. The molecular weight excluding hydrogens is 426 g/mol. The minimum Gasteiger partial charge on any atom is -0.365 e. The highest BCUT2D eigenvalue weighted by Crippen LogP contribution is 2.39. The number of hydrogen-bond acceptors (Lipinski definition) is 6. The first kappa shape index (κ1) is 22.3. The van der Waals surface area contributed by atoms with Crippen LogP contribution in [-0.2, 0) is 22.8 Å². The van der Waals surface area contributed by atoms with Crippen LogP contribution in [0.3, 0.4) is 0 Å². The molecule has 1 aliphatic heterocycles. The second-order valence-corrected chi connectivity index (χ2v) is 10.8. The predicted molar refractivity (Wildman–Crippen MR) is 125 cm³/mol. The normalized spacial score (nSPS) is 16.6. The van der Waals surface area contributed by atoms with Gasteiger partial charge in [0.05, 0.1) is 22.2 Å². The number of benzene rings is 1. The summed E-state index contributed by atoms with van der Waals surface area (Å²) in [7, 11) is -3.32. The maximum Gasteiger partial charge on any atom is 0.252 e. The number of carbonyl (C=O) groups is 1. The zero-order valence-electron chi connectivity index (χ0n) is 19.1. The van der Waals surface area contributed by atoms with Gasteiger partial charge in [-0.1, -0.05) is 20.8 Å². The lowest BCUT2D eigenvalue weighted by Crippen LogP contribution is -2.41. The summed E-state index contributed by atoms with van der Waals surface area (Å²) < 4.78 is 27.0. The molecule has 0 unspecified atom stereocenters. The van der Waals surface area contributed by atoms with Gasteiger partial charge < -0.3 is 15.2 Å². The van der Waals surface area contributed by atoms with Gasteiger partial charge in [0.1, 0.15) is 0 Å². The molecule has 0 radical (unpaired) electrons. The second kappa shape index (κ2) is 7.88. The Bertz CT molecular complexity index is 1330. The molecule has 32 heavy (non-hydrogen) atoms. The van der Waals surface area contributed by atoms with E-state index in [0.717, 1.165) is 22.2 Å². The predicted octanol–water partition coefficient (Wildman–Crippen LogP) is 3.02. The first-order valence-corrected chi connectivity index (χ1v) is 12.7. The summed E-state index contributed by atoms with van der Waals surface area (Å²) in [5.74, 6) is 0.272. The molecule has 1 atom stereocenters. The topological polar surface area (TPSA) is 111 Å². The van der Waals surface area contributed by atoms with Crippen LogP contribution < -0.4 is 10.6 Å². The van der Waals surface area contributed by atoms with Crippen LogP contribution >= 0.6 is 0 Å². The Hall–Kier alpha value is -2.94. The largest absolute Gasteiger partial charge is 0.365 e. The first-order chi connectivity index (χ1) is 15.0. The highest BCUT2D eigenvalue weighted by atomic mass is 32.2. The van der Waals surface area contributed by atoms with Crippen molar-refractivity contribution in [2.45, 2.75) is 51.6 Å². The van der Waals surface area contributed by atoms with Crippen LogP contribution in [-0.4, -0.2) is 41.7 Å². The van der Waals surface area contributed by atoms with E-state index in [0.29, 0.717) is 41.6 Å². The van der Waals surface area contributed by atoms with Crippen molar-refractivity contribution in [2.75, 3.05) is 17.7 Å². The summed E-state index contributed by atoms with van der Waals surface area (Å²) >= 11 is 0. The number of rotatable bonds is 5. The molecular formula is C23H29N5O3S. The van der Waals surface area contributed by atoms with Gasteiger partial charge in [0, 0.05) is 42.1 Å². The number of amides is 1. The number of fused-ring (bicyclic) bond motifs is 3. The molecule has 0 aliphatic carbocycles. The van der Waals surface area contributed by atoms with Crippen LogP contribution in [0.4, 0.5) is 5.95 Å². The molecule has 2 aromatic heterocycles. The van der Waals surface area contributed by atoms with Crippen LogP contribution in [0.2, 0.25) is 0 Å². The molecule has 1 aliphatic rings. The SMILES string of the molecule is CCc1cc2cc3n(c2cc1S(C)(=O)=O)CCN(c1ncc(C(N)=O)c(C)n1)[C@@H]3C(C)C. The van der Waals surface area contributed by atoms with Crippen molar-refractivity contribution in [3.8, 4) is 0 Å². The molecule has 1 aromatic carbocycles. The molecule has 0 bridgehead atoms. The number of hydrogen-bond donors (Lipinski definition) is 1. The van der Waals surface area contributed by atoms with Gasteiger partial charge in [0.15, 0.2) is 9.84 Å². The summed E-state index contributed by atoms with van der Waals surface area (Å²) in [6.07, 6.45) is 3.41. The number of sulfone groups is 1. The maximum atomic E-state index is 12.4. The van der Waals surface area contributed by atoms with Crippen molar-refractivity contribution >= 4 is 32.6 Å². The van der Waals surface area contributed by atoms with E-state index < -0.39 is 15.7 Å². The van der Waals surface area contributed by atoms with Crippen molar-refractivity contribution in [2.24, 2.45) is 11.7 Å². The van der Waals surface area contributed by atoms with E-state index >= 15 is 0 Å². The molecule has 0 fully saturated rings. The van der Waals surface area contributed by atoms with Gasteiger partial charge in [0.2, 0.25) is 5.95 Å². The van der Waals surface area contributed by atoms with Crippen LogP contribution in [0.25, 0.3) is 10.9 Å². The molecule has 170 valence electrons. The summed E-state index contributed by atoms with van der Waals surface area (Å²) in [5.41, 5.74) is 9.17. The van der Waals surface area contributed by atoms with Crippen molar-refractivity contribution in [3.05, 3.63) is 46.9 Å². The smallest absolute Gasteiger partial charge is 0.252 e. The third-order valence-electron chi connectivity index (χ3n) is 6.22. The van der Waals surface area contributed by atoms with Crippen molar-refractivity contribution in [1.29, 1.82) is 0 Å². The summed E-state index contributed by atoms with van der Waals surface area (Å²) in [4.78, 5) is 23.2. The quantitative estimate of drug-likeness (QED) is 0.633. The molecule has 0 saturated carbocycles. The lowest BCUT2D eigenvalue weighted by molar-refractivity contribution is 0.0999. The van der Waals surface area contributed by atoms with Crippen LogP contribution in [0.1, 0.15) is 54.1 Å². The minimum absolute atomic E-state index is 0.00161. The fourth-order valence-corrected chi connectivity index (χ4v) is 5.75. The molecule has 3 aromatic rings. The number of carbonyl (C=O) groups excluding carboxylic acids is 1. The van der Waals surface area contributed by atoms with E-state index in [1.165, 1.54) is 12.5 Å². The number of aryl methyl sites for hydroxylation is 2. The van der Waals surface area contributed by atoms with Crippen molar-refractivity contribution in [3.63, 3.8) is 0 Å². The summed E-state index contributed by atoms with van der Waals surface area (Å²) in [5, 5.41) is 1.04. The van der Waals surface area contributed by atoms with Gasteiger partial charge in [-0.15, -0.1) is 0 Å². The van der Waals surface area contributed by atoms with E-state index in [2.05, 4.69) is 39.3 Å². The first-order valence-electron chi connectivity index (χ1n) is 10.8. The lowest BCUT2D eigenvalue weighted by Gasteiger charge is -2.39. The zero-order valence-corrected chi connectivity index (χ0v) is 19.9. The third-order valence-corrected chi connectivity index (χ3v) is 7.40. The molecule has 0 saturated heterocycles. The molecule has 2 N–H and O–H groups in total. The van der Waals surface area contributed by atoms with Crippen molar-refractivity contribution < 1.29 is 13.2 Å². The Kier molecular flexibility index (Phi) is 5.48. The molecule has 0 spiro atoms. The van der Waals surface area contributed by atoms with E-state index in [-0.39, 0.29) is 12.0 Å². The Morgan fingerprint density at radius 2 is 1.97 bits per heavy atom. The lowest BCUT2D eigenvalue weighted by atomic mass is 9.97. The van der Waals surface area contributed by atoms with Gasteiger partial charge in [-0.3, -0.25) is 4.79 Å². The van der Waals surface area contributed by atoms with Gasteiger partial charge in [-0.2, -0.15) is 0 Å². The Morgan fingerprint density at radius 1 is 1.25 bits per heavy atom. The Balaban J connectivity index is 1.86. The number of nitrogens with zero attached hydrogens (tertiary/aromatic N) is 4. The highest BCUT2D eigenvalue weighted by molar-refractivity contribution is 7.90. The Labute approximate surface area is 188 Å². The number of nitrogens with two attached hydrogens (primary N) is 1. The molecule has 8 nitrogen and oxygen atoms in total. The van der Waals surface area contributed by atoms with Crippen LogP contribution in [0.15, 0.2) is 29.3 Å². The fraction of sp³-hybridized carbons (Fsp3) is 0.435. The average molecular weight is 456 g/mol. The summed E-state index contributed by atoms with van der Waals surface area (Å²) in [6, 6.07) is 5.98. The van der Waals surface area contributed by atoms with Gasteiger partial charge in [0.25, 0.3) is 5.91 Å². The highest BCUT2D eigenvalue weighted by Gasteiger charge is 2.33. The zero-order chi connectivity index (χ0) is 23.4. The summed E-state index contributed by atoms with van der Waals surface area (Å²) in [6.45, 7) is 9.37. The number of anilines is 1. The van der Waals surface area contributed by atoms with Crippen LogP contribution in [0, 0.1) is 12.8 Å². The van der Waals surface area contributed by atoms with E-state index in [4.69, 9.17) is 5.73 Å². The van der Waals surface area contributed by atoms with Crippen molar-refractivity contribution in [1.82, 2.24) is 14.5 Å². The van der Waals surface area contributed by atoms with E-state index in [1.54, 1.807) is 6.92 Å². The van der Waals surface area contributed by atoms with Gasteiger partial charge in [-0.05, 0) is 43.0 Å². The molecule has 9 heteroatoms. The Morgan fingerprint density at radius 3 is 2.53 bits per heavy atom. The number of aromatic nitrogens is 3. The van der Waals surface area contributed by atoms with E-state index in [9.17, 15) is 13.2 Å². The average Bonchev–Trinajstić information content (AvgIpc) is 3.08. The standard InChI is InChI=1S/C23H29N5O3S/c1-6-15-9-16-10-19-21(13(2)3)28(23-25-12-17(22(24)29)14(4)26-23)8-7-27(19)18(16)11-20(15)32(5,30)31/h9-13,21H,6-8H2,1-5H3,(H2,24,29)/t21-/m1/s1. The van der Waals surface area contributed by atoms with Crippen LogP contribution in [0.5, 0.6) is 0 Å². The molecule has 1 amide bonds. The van der Waals surface area contributed by atoms with Gasteiger partial charge >= 0.3 is 0 Å². The maximum absolute atomic E-state index is 12.4. The third kappa shape index (κ3) is 3.64. The number of primary amides is 1. The van der Waals surface area contributed by atoms with Gasteiger partial charge in [-0.25, -0.2) is 18.4 Å². The molecule has 4 rings (SSSR count). The monoisotopic (exact) mass is 455 g/mol. The molecule has 3 heterocycles. The second-order valence-electron chi connectivity index (χ2n) is 8.78. The van der Waals surface area contributed by atoms with E-state index in [1.807, 2.05) is 19.1 Å². The minimum atomic E-state index is -3.32.